The Morgan fingerprint density at radius 2 is 2.00 bits per heavy atom. The summed E-state index contributed by atoms with van der Waals surface area (Å²) in [5, 5.41) is 2.88. The lowest BCUT2D eigenvalue weighted by molar-refractivity contribution is -0.117. The molecule has 0 aliphatic heterocycles. The molecule has 0 bridgehead atoms. The van der Waals surface area contributed by atoms with Crippen molar-refractivity contribution in [1.82, 2.24) is 5.32 Å². The van der Waals surface area contributed by atoms with Crippen LogP contribution in [-0.4, -0.2) is 5.91 Å². The van der Waals surface area contributed by atoms with Crippen molar-refractivity contribution in [3.63, 3.8) is 0 Å². The Balaban J connectivity index is 2.49. The van der Waals surface area contributed by atoms with E-state index in [2.05, 4.69) is 21.2 Å². The molecule has 0 aliphatic carbocycles. The van der Waals surface area contributed by atoms with Gasteiger partial charge in [-0.2, -0.15) is 0 Å². The number of rotatable bonds is 4. The number of amides is 1. The highest BCUT2D eigenvalue weighted by Crippen LogP contribution is 2.10. The Labute approximate surface area is 105 Å². The summed E-state index contributed by atoms with van der Waals surface area (Å²) in [4.78, 5) is 11.6. The molecule has 0 saturated heterocycles. The predicted octanol–water partition coefficient (Wildman–Crippen LogP) is 3.42. The van der Waals surface area contributed by atoms with Crippen molar-refractivity contribution in [3.8, 4) is 0 Å². The van der Waals surface area contributed by atoms with Crippen molar-refractivity contribution in [1.29, 1.82) is 0 Å². The van der Waals surface area contributed by atoms with Crippen LogP contribution in [0.4, 0.5) is 0 Å². The minimum atomic E-state index is 0.00442. The Kier molecular flexibility index (Phi) is 5.26. The van der Waals surface area contributed by atoms with Crippen molar-refractivity contribution in [2.45, 2.75) is 26.8 Å². The summed E-state index contributed by atoms with van der Waals surface area (Å²) in [7, 11) is 0. The summed E-state index contributed by atoms with van der Waals surface area (Å²) in [6.07, 6.45) is 2.81. The third-order valence-electron chi connectivity index (χ3n) is 2.23. The summed E-state index contributed by atoms with van der Waals surface area (Å²) < 4.78 is 1.05. The highest BCUT2D eigenvalue weighted by atomic mass is 79.9. The molecule has 0 fully saturated rings. The molecule has 1 rings (SSSR count). The smallest absolute Gasteiger partial charge is 0.246 e. The Morgan fingerprint density at radius 1 is 1.38 bits per heavy atom. The van der Waals surface area contributed by atoms with Gasteiger partial charge in [-0.3, -0.25) is 4.79 Å². The fourth-order valence-electron chi connectivity index (χ4n) is 1.32. The van der Waals surface area contributed by atoms with E-state index in [1.165, 1.54) is 0 Å². The van der Waals surface area contributed by atoms with Gasteiger partial charge >= 0.3 is 0 Å². The molecule has 0 heterocycles. The van der Waals surface area contributed by atoms with E-state index in [0.29, 0.717) is 6.54 Å². The molecule has 1 aromatic carbocycles. The number of hydrogen-bond donors (Lipinski definition) is 1. The van der Waals surface area contributed by atoms with Crippen LogP contribution in [0.1, 0.15) is 25.8 Å². The average molecular weight is 282 g/mol. The lowest BCUT2D eigenvalue weighted by Gasteiger charge is -2.05. The number of allylic oxidation sites excluding steroid dienone is 1. The lowest BCUT2D eigenvalue weighted by atomic mass is 10.2. The second-order valence-corrected chi connectivity index (χ2v) is 4.52. The van der Waals surface area contributed by atoms with Crippen molar-refractivity contribution in [2.75, 3.05) is 0 Å². The van der Waals surface area contributed by atoms with Crippen LogP contribution < -0.4 is 5.32 Å². The minimum absolute atomic E-state index is 0.00442. The zero-order chi connectivity index (χ0) is 12.0. The molecule has 16 heavy (non-hydrogen) atoms. The molecule has 0 saturated carbocycles. The highest BCUT2D eigenvalue weighted by molar-refractivity contribution is 9.10. The number of hydrogen-bond acceptors (Lipinski definition) is 1. The lowest BCUT2D eigenvalue weighted by Crippen LogP contribution is -2.23. The predicted molar refractivity (Wildman–Crippen MR) is 70.0 cm³/mol. The summed E-state index contributed by atoms with van der Waals surface area (Å²) in [5.41, 5.74) is 1.88. The van der Waals surface area contributed by atoms with Gasteiger partial charge in [-0.25, -0.2) is 0 Å². The van der Waals surface area contributed by atoms with Crippen LogP contribution in [0, 0.1) is 0 Å². The van der Waals surface area contributed by atoms with E-state index in [4.69, 9.17) is 0 Å². The van der Waals surface area contributed by atoms with Gasteiger partial charge in [0.25, 0.3) is 0 Å². The van der Waals surface area contributed by atoms with E-state index < -0.39 is 0 Å². The molecule has 2 nitrogen and oxygen atoms in total. The largest absolute Gasteiger partial charge is 0.348 e. The van der Waals surface area contributed by atoms with Gasteiger partial charge in [-0.15, -0.1) is 0 Å². The Morgan fingerprint density at radius 3 is 2.56 bits per heavy atom. The van der Waals surface area contributed by atoms with Gasteiger partial charge in [0.1, 0.15) is 0 Å². The molecule has 1 N–H and O–H groups in total. The molecule has 0 atom stereocenters. The normalized spacial score (nSPS) is 11.3. The third kappa shape index (κ3) is 4.19. The maximum absolute atomic E-state index is 11.6. The van der Waals surface area contributed by atoms with Crippen molar-refractivity contribution < 1.29 is 4.79 Å². The zero-order valence-corrected chi connectivity index (χ0v) is 11.2. The summed E-state index contributed by atoms with van der Waals surface area (Å²) in [6.45, 7) is 4.42. The fraction of sp³-hybridized carbons (Fsp3) is 0.308. The van der Waals surface area contributed by atoms with Crippen molar-refractivity contribution in [3.05, 3.63) is 46.0 Å². The zero-order valence-electron chi connectivity index (χ0n) is 9.59. The van der Waals surface area contributed by atoms with Gasteiger partial charge in [0.2, 0.25) is 5.91 Å². The molecular weight excluding hydrogens is 266 g/mol. The monoisotopic (exact) mass is 281 g/mol. The van der Waals surface area contributed by atoms with Crippen LogP contribution in [0.25, 0.3) is 0 Å². The Bertz CT molecular complexity index is 381. The Hall–Kier alpha value is -1.09. The van der Waals surface area contributed by atoms with Crippen LogP contribution in [0.5, 0.6) is 0 Å². The van der Waals surface area contributed by atoms with Crippen LogP contribution in [0.15, 0.2) is 40.4 Å². The molecular formula is C13H16BrNO. The molecule has 0 radical (unpaired) electrons. The maximum atomic E-state index is 11.6. The van der Waals surface area contributed by atoms with E-state index >= 15 is 0 Å². The van der Waals surface area contributed by atoms with E-state index in [-0.39, 0.29) is 5.91 Å². The summed E-state index contributed by atoms with van der Waals surface area (Å²) in [6, 6.07) is 7.92. The molecule has 1 aromatic rings. The maximum Gasteiger partial charge on any atom is 0.246 e. The van der Waals surface area contributed by atoms with Crippen LogP contribution >= 0.6 is 15.9 Å². The number of carbonyl (C=O) groups excluding carboxylic acids is 1. The number of carbonyl (C=O) groups is 1. The quantitative estimate of drug-likeness (QED) is 0.842. The number of benzene rings is 1. The molecule has 0 unspecified atom stereocenters. The number of nitrogens with one attached hydrogen (secondary N) is 1. The molecule has 3 heteroatoms. The topological polar surface area (TPSA) is 29.1 Å². The molecule has 0 aromatic heterocycles. The van der Waals surface area contributed by atoms with Gasteiger partial charge in [0, 0.05) is 16.6 Å². The highest BCUT2D eigenvalue weighted by Gasteiger charge is 2.02. The summed E-state index contributed by atoms with van der Waals surface area (Å²) in [5.74, 6) is 0.00442. The third-order valence-corrected chi connectivity index (χ3v) is 2.76. The first-order valence-corrected chi connectivity index (χ1v) is 6.12. The van der Waals surface area contributed by atoms with Gasteiger partial charge in [0.15, 0.2) is 0 Å². The first-order valence-electron chi connectivity index (χ1n) is 5.33. The van der Waals surface area contributed by atoms with E-state index in [9.17, 15) is 4.79 Å². The standard InChI is InChI=1S/C13H16BrNO/c1-3-4-10(2)13(16)15-9-11-5-7-12(14)8-6-11/h4-8H,3,9H2,1-2H3,(H,15,16). The van der Waals surface area contributed by atoms with Crippen molar-refractivity contribution in [2.24, 2.45) is 0 Å². The first kappa shape index (κ1) is 13.0. The molecule has 1 amide bonds. The molecule has 86 valence electrons. The van der Waals surface area contributed by atoms with E-state index in [0.717, 1.165) is 22.0 Å². The van der Waals surface area contributed by atoms with Gasteiger partial charge in [0.05, 0.1) is 0 Å². The van der Waals surface area contributed by atoms with Gasteiger partial charge in [-0.1, -0.05) is 41.1 Å². The average Bonchev–Trinajstić information content (AvgIpc) is 2.28. The second kappa shape index (κ2) is 6.48. The SMILES string of the molecule is CCC=C(C)C(=O)NCc1ccc(Br)cc1. The molecule has 0 spiro atoms. The first-order chi connectivity index (χ1) is 7.63. The van der Waals surface area contributed by atoms with E-state index in [1.54, 1.807) is 0 Å². The van der Waals surface area contributed by atoms with E-state index in [1.807, 2.05) is 44.2 Å². The van der Waals surface area contributed by atoms with Crippen LogP contribution in [0.2, 0.25) is 0 Å². The summed E-state index contributed by atoms with van der Waals surface area (Å²) >= 11 is 3.37. The minimum Gasteiger partial charge on any atom is -0.348 e. The number of halogens is 1. The van der Waals surface area contributed by atoms with Gasteiger partial charge < -0.3 is 5.32 Å². The fourth-order valence-corrected chi connectivity index (χ4v) is 1.59. The van der Waals surface area contributed by atoms with Crippen LogP contribution in [0.3, 0.4) is 0 Å². The van der Waals surface area contributed by atoms with Crippen molar-refractivity contribution >= 4 is 21.8 Å². The molecule has 0 aliphatic rings. The second-order valence-electron chi connectivity index (χ2n) is 3.60. The van der Waals surface area contributed by atoms with Gasteiger partial charge in [-0.05, 0) is 31.0 Å². The van der Waals surface area contributed by atoms with Crippen LogP contribution in [-0.2, 0) is 11.3 Å².